The van der Waals surface area contributed by atoms with E-state index in [-0.39, 0.29) is 0 Å². The molecule has 0 saturated carbocycles. The van der Waals surface area contributed by atoms with Gasteiger partial charge < -0.3 is 0 Å². The van der Waals surface area contributed by atoms with Crippen LogP contribution in [0.3, 0.4) is 0 Å². The van der Waals surface area contributed by atoms with Gasteiger partial charge in [0.05, 0.1) is 5.69 Å². The Morgan fingerprint density at radius 1 is 1.00 bits per heavy atom. The molecule has 0 unspecified atom stereocenters. The Balaban J connectivity index is 2.55. The molecule has 1 heterocycles. The molecule has 76 valence electrons. The van der Waals surface area contributed by atoms with Crippen molar-refractivity contribution < 1.29 is 0 Å². The van der Waals surface area contributed by atoms with Crippen molar-refractivity contribution in [3.8, 4) is 11.3 Å². The average Bonchev–Trinajstić information content (AvgIpc) is 2.23. The second-order valence-corrected chi connectivity index (χ2v) is 3.44. The topological polar surface area (TPSA) is 65.7 Å². The van der Waals surface area contributed by atoms with Gasteiger partial charge in [-0.25, -0.2) is 0 Å². The summed E-state index contributed by atoms with van der Waals surface area (Å²) < 4.78 is 0. The zero-order chi connectivity index (χ0) is 10.8. The van der Waals surface area contributed by atoms with Crippen LogP contribution in [0, 0.1) is 0 Å². The normalized spacial score (nSPS) is 10.2. The Kier molecular flexibility index (Phi) is 2.43. The van der Waals surface area contributed by atoms with E-state index in [2.05, 4.69) is 10.2 Å². The quantitative estimate of drug-likeness (QED) is 0.716. The smallest absolute Gasteiger partial charge is 0.297 e. The third-order valence-corrected chi connectivity index (χ3v) is 2.22. The number of aromatic nitrogens is 2. The van der Waals surface area contributed by atoms with Crippen molar-refractivity contribution in [2.24, 2.45) is 0 Å². The lowest BCUT2D eigenvalue weighted by molar-refractivity contribution is 0.979. The van der Waals surface area contributed by atoms with Crippen LogP contribution in [0.2, 0.25) is 5.02 Å². The van der Waals surface area contributed by atoms with Crippen LogP contribution in [-0.2, 0) is 0 Å². The van der Waals surface area contributed by atoms with Crippen molar-refractivity contribution >= 4 is 11.6 Å². The summed E-state index contributed by atoms with van der Waals surface area (Å²) >= 11 is 5.73. The average molecular weight is 223 g/mol. The molecule has 0 fully saturated rings. The number of hydrogen-bond donors (Lipinski definition) is 2. The summed E-state index contributed by atoms with van der Waals surface area (Å²) in [4.78, 5) is 21.9. The maximum absolute atomic E-state index is 11.1. The first-order valence-electron chi connectivity index (χ1n) is 4.25. The number of nitrogens with one attached hydrogen (secondary N) is 2. The minimum atomic E-state index is -0.660. The van der Waals surface area contributed by atoms with Gasteiger partial charge in [0, 0.05) is 11.1 Å². The van der Waals surface area contributed by atoms with Crippen LogP contribution in [0.5, 0.6) is 0 Å². The molecule has 4 nitrogen and oxygen atoms in total. The zero-order valence-corrected chi connectivity index (χ0v) is 8.34. The summed E-state index contributed by atoms with van der Waals surface area (Å²) in [5.74, 6) is 0. The predicted octanol–water partition coefficient (Wildman–Crippen LogP) is 1.38. The fraction of sp³-hybridized carbons (Fsp3) is 0. The highest BCUT2D eigenvalue weighted by Crippen LogP contribution is 2.17. The standard InChI is InChI=1S/C10H7ClN2O2/c11-7-3-1-6(2-4-7)8-5-9(14)10(15)13-12-8/h1-5H,(H,12,14)(H,13,15). The SMILES string of the molecule is O=c1cc(-c2ccc(Cl)cc2)[nH][nH]c1=O. The summed E-state index contributed by atoms with van der Waals surface area (Å²) in [6.45, 7) is 0. The molecule has 0 aliphatic rings. The van der Waals surface area contributed by atoms with Gasteiger partial charge in [0.15, 0.2) is 0 Å². The number of hydrogen-bond acceptors (Lipinski definition) is 2. The van der Waals surface area contributed by atoms with Crippen LogP contribution in [-0.4, -0.2) is 10.2 Å². The van der Waals surface area contributed by atoms with E-state index in [4.69, 9.17) is 11.6 Å². The molecule has 2 rings (SSSR count). The molecule has 1 aromatic heterocycles. The van der Waals surface area contributed by atoms with Crippen molar-refractivity contribution in [2.75, 3.05) is 0 Å². The largest absolute Gasteiger partial charge is 0.310 e. The summed E-state index contributed by atoms with van der Waals surface area (Å²) in [7, 11) is 0. The van der Waals surface area contributed by atoms with Crippen LogP contribution < -0.4 is 11.0 Å². The van der Waals surface area contributed by atoms with Gasteiger partial charge in [0.2, 0.25) is 5.43 Å². The molecule has 15 heavy (non-hydrogen) atoms. The lowest BCUT2D eigenvalue weighted by atomic mass is 10.1. The molecule has 0 atom stereocenters. The van der Waals surface area contributed by atoms with Crippen molar-refractivity contribution in [3.63, 3.8) is 0 Å². The van der Waals surface area contributed by atoms with E-state index in [1.807, 2.05) is 0 Å². The molecule has 5 heteroatoms. The van der Waals surface area contributed by atoms with Crippen molar-refractivity contribution in [3.05, 3.63) is 55.9 Å². The minimum absolute atomic E-state index is 0.552. The molecule has 0 saturated heterocycles. The molecule has 0 bridgehead atoms. The van der Waals surface area contributed by atoms with E-state index in [9.17, 15) is 9.59 Å². The summed E-state index contributed by atoms with van der Waals surface area (Å²) in [6, 6.07) is 8.18. The van der Waals surface area contributed by atoms with Gasteiger partial charge in [-0.05, 0) is 17.7 Å². The van der Waals surface area contributed by atoms with E-state index in [0.29, 0.717) is 10.7 Å². The molecule has 0 amide bonds. The molecule has 0 spiro atoms. The van der Waals surface area contributed by atoms with Gasteiger partial charge in [0.25, 0.3) is 0 Å². The Labute approximate surface area is 89.5 Å². The fourth-order valence-corrected chi connectivity index (χ4v) is 1.33. The third-order valence-electron chi connectivity index (χ3n) is 1.97. The molecule has 0 aliphatic heterocycles. The molecule has 0 aliphatic carbocycles. The van der Waals surface area contributed by atoms with E-state index in [1.165, 1.54) is 6.07 Å². The van der Waals surface area contributed by atoms with E-state index in [0.717, 1.165) is 5.56 Å². The second kappa shape index (κ2) is 3.74. The van der Waals surface area contributed by atoms with E-state index >= 15 is 0 Å². The number of rotatable bonds is 1. The van der Waals surface area contributed by atoms with Crippen molar-refractivity contribution in [1.82, 2.24) is 10.2 Å². The highest BCUT2D eigenvalue weighted by Gasteiger charge is 2.00. The first-order chi connectivity index (χ1) is 7.16. The molecule has 2 N–H and O–H groups in total. The summed E-state index contributed by atoms with van der Waals surface area (Å²) in [5.41, 5.74) is 0.107. The van der Waals surface area contributed by atoms with E-state index in [1.54, 1.807) is 24.3 Å². The first-order valence-corrected chi connectivity index (χ1v) is 4.62. The molecule has 0 radical (unpaired) electrons. The molecule has 2 aromatic rings. The monoisotopic (exact) mass is 222 g/mol. The van der Waals surface area contributed by atoms with Crippen LogP contribution in [0.25, 0.3) is 11.3 Å². The van der Waals surface area contributed by atoms with Gasteiger partial charge >= 0.3 is 5.56 Å². The fourth-order valence-electron chi connectivity index (χ4n) is 1.20. The van der Waals surface area contributed by atoms with Gasteiger partial charge in [-0.1, -0.05) is 23.7 Å². The first kappa shape index (κ1) is 9.73. The van der Waals surface area contributed by atoms with Crippen molar-refractivity contribution in [1.29, 1.82) is 0 Å². The molecule has 1 aromatic carbocycles. The Hall–Kier alpha value is -1.81. The minimum Gasteiger partial charge on any atom is -0.297 e. The summed E-state index contributed by atoms with van der Waals surface area (Å²) in [6.07, 6.45) is 0. The Morgan fingerprint density at radius 2 is 1.67 bits per heavy atom. The Morgan fingerprint density at radius 3 is 2.27 bits per heavy atom. The maximum atomic E-state index is 11.1. The lowest BCUT2D eigenvalue weighted by Gasteiger charge is -2.00. The number of benzene rings is 1. The van der Waals surface area contributed by atoms with Crippen LogP contribution in [0.4, 0.5) is 0 Å². The summed E-state index contributed by atoms with van der Waals surface area (Å²) in [5, 5.41) is 5.50. The predicted molar refractivity (Wildman–Crippen MR) is 58.1 cm³/mol. The maximum Gasteiger partial charge on any atom is 0.310 e. The van der Waals surface area contributed by atoms with Gasteiger partial charge in [-0.2, -0.15) is 0 Å². The van der Waals surface area contributed by atoms with Crippen LogP contribution in [0.1, 0.15) is 0 Å². The highest BCUT2D eigenvalue weighted by atomic mass is 35.5. The van der Waals surface area contributed by atoms with Gasteiger partial charge in [-0.3, -0.25) is 19.8 Å². The second-order valence-electron chi connectivity index (χ2n) is 3.01. The Bertz CT molecular complexity index is 583. The van der Waals surface area contributed by atoms with E-state index < -0.39 is 11.0 Å². The molecular weight excluding hydrogens is 216 g/mol. The van der Waals surface area contributed by atoms with Crippen molar-refractivity contribution in [2.45, 2.75) is 0 Å². The number of halogens is 1. The lowest BCUT2D eigenvalue weighted by Crippen LogP contribution is -2.26. The molecular formula is C10H7ClN2O2. The van der Waals surface area contributed by atoms with Crippen LogP contribution >= 0.6 is 11.6 Å². The zero-order valence-electron chi connectivity index (χ0n) is 7.58. The van der Waals surface area contributed by atoms with Gasteiger partial charge in [-0.15, -0.1) is 0 Å². The highest BCUT2D eigenvalue weighted by molar-refractivity contribution is 6.30. The third kappa shape index (κ3) is 1.99. The number of H-pyrrole nitrogens is 2. The van der Waals surface area contributed by atoms with Crippen LogP contribution in [0.15, 0.2) is 39.9 Å². The van der Waals surface area contributed by atoms with Gasteiger partial charge in [0.1, 0.15) is 0 Å². The number of aromatic amines is 2.